The molecule has 0 aliphatic carbocycles. The van der Waals surface area contributed by atoms with Gasteiger partial charge in [0.25, 0.3) is 8.07 Å². The molecule has 0 spiro atoms. The third-order valence-corrected chi connectivity index (χ3v) is 63.6. The fraction of sp³-hybridized carbons (Fsp3) is 0.109. The average Bonchev–Trinajstić information content (AvgIpc) is 0.661. The van der Waals surface area contributed by atoms with Crippen LogP contribution >= 0.6 is 23.2 Å². The Kier molecular flexibility index (Phi) is 24.6. The normalized spacial score (nSPS) is 11.7. The molecule has 0 aliphatic heterocycles. The summed E-state index contributed by atoms with van der Waals surface area (Å²) in [5.41, 5.74) is 0.884. The SMILES string of the molecule is COc1ccc(C(=O)[Si](CC[Si](C)(C(=O)c2ccc(N(C)C)cc2)C(=O)c2ccc(N(C)C)cc2)(C(=O)c2ccc(OC)cc2)[Si](C(=O)c2ccc(Cl)cc2)(C(=O)c2ccc(Cl)cc2)[Si](Cc2ccc([Si](C(=O)c3ccccc3)(C(=O)c3ccccc3)c3ccccc3)cc2)(C(=O)c2ccccc2)C(=O)c2ccccc2)cc1. The van der Waals surface area contributed by atoms with Gasteiger partial charge in [0, 0.05) is 105 Å². The molecule has 14 nitrogen and oxygen atoms in total. The largest absolute Gasteiger partial charge is 0.497 e. The van der Waals surface area contributed by atoms with Gasteiger partial charge in [-0.05, 0) is 155 Å². The summed E-state index contributed by atoms with van der Waals surface area (Å²) in [6.45, 7) is 1.57. The van der Waals surface area contributed by atoms with Crippen molar-refractivity contribution < 1.29 is 57.4 Å². The predicted molar refractivity (Wildman–Crippen MR) is 460 cm³/mol. The van der Waals surface area contributed by atoms with Gasteiger partial charge in [-0.1, -0.05) is 230 Å². The molecular formula is C92H80Cl2N2O12Si5. The van der Waals surface area contributed by atoms with Crippen molar-refractivity contribution in [3.05, 3.63) is 393 Å². The van der Waals surface area contributed by atoms with Crippen molar-refractivity contribution in [1.82, 2.24) is 0 Å². The monoisotopic (exact) mass is 1610 g/mol. The molecule has 0 heterocycles. The Labute approximate surface area is 671 Å². The summed E-state index contributed by atoms with van der Waals surface area (Å²) < 4.78 is 11.5. The number of hydrogen-bond donors (Lipinski definition) is 0. The van der Waals surface area contributed by atoms with Crippen LogP contribution < -0.4 is 29.6 Å². The molecule has 21 heteroatoms. The van der Waals surface area contributed by atoms with Crippen LogP contribution in [0.5, 0.6) is 11.5 Å². The van der Waals surface area contributed by atoms with Crippen molar-refractivity contribution in [2.24, 2.45) is 0 Å². The highest BCUT2D eigenvalue weighted by molar-refractivity contribution is 8.02. The molecule has 0 fully saturated rings. The molecule has 12 rings (SSSR count). The maximum absolute atomic E-state index is 19.1. The second kappa shape index (κ2) is 34.4. The minimum atomic E-state index is -6.74. The summed E-state index contributed by atoms with van der Waals surface area (Å²) in [6, 6.07) is 81.3. The van der Waals surface area contributed by atoms with E-state index in [1.807, 2.05) is 38.0 Å². The Morgan fingerprint density at radius 3 is 0.876 bits per heavy atom. The Morgan fingerprint density at radius 1 is 0.283 bits per heavy atom. The fourth-order valence-corrected chi connectivity index (χ4v) is 66.8. The molecule has 0 aliphatic rings. The maximum atomic E-state index is 19.1. The van der Waals surface area contributed by atoms with Gasteiger partial charge in [-0.15, -0.1) is 0 Å². The number of carbonyl (C=O) groups excluding carboxylic acids is 10. The molecule has 0 bridgehead atoms. The summed E-state index contributed by atoms with van der Waals surface area (Å²) >= 11 is 13.7. The molecule has 0 atom stereocenters. The first-order valence-corrected chi connectivity index (χ1v) is 50.5. The second-order valence-electron chi connectivity index (χ2n) is 28.5. The van der Waals surface area contributed by atoms with Gasteiger partial charge < -0.3 is 28.9 Å². The van der Waals surface area contributed by atoms with Gasteiger partial charge >= 0.3 is 0 Å². The molecule has 0 saturated carbocycles. The van der Waals surface area contributed by atoms with Crippen LogP contribution in [0, 0.1) is 0 Å². The third-order valence-electron chi connectivity index (χ3n) is 21.6. The van der Waals surface area contributed by atoms with Gasteiger partial charge in [0.2, 0.25) is 30.4 Å². The maximum Gasteiger partial charge on any atom is 0.279 e. The number of nitrogens with zero attached hydrogens (tertiary/aromatic N) is 2. The van der Waals surface area contributed by atoms with Crippen LogP contribution in [0.2, 0.25) is 28.7 Å². The Balaban J connectivity index is 1.31. The van der Waals surface area contributed by atoms with Crippen molar-refractivity contribution in [3.63, 3.8) is 0 Å². The highest BCUT2D eigenvalue weighted by atomic mass is 35.5. The van der Waals surface area contributed by atoms with E-state index in [2.05, 4.69) is 0 Å². The van der Waals surface area contributed by atoms with Gasteiger partial charge in [-0.2, -0.15) is 0 Å². The standard InChI is InChI=1S/C92H80Cl2N2O12Si5/c1-95(2)77-51-39-69(40-52-77)83(97)109(7,84(98)70-41-53-78(54-42-70)96(3)4)61-62-110(85(99)71-43-55-79(107-5)56-44-71,86(100)72-45-57-80(108-6)58-46-72)113(91(105)73-35-47-75(93)48-36-73,92(106)74-37-49-76(94)50-38-74)111(87(101)65-23-13-8-14-24-65,88(102)66-25-15-9-16-26-66)63-64-33-59-82(60-34-64)112(81-31-21-12-22-32-81,89(103)67-27-17-10-18-28-67)90(104)68-29-19-11-20-30-68/h8-60H,61-63H2,1-7H3. The first-order valence-electron chi connectivity index (χ1n) is 36.6. The predicted octanol–water partition coefficient (Wildman–Crippen LogP) is 16.6. The summed E-state index contributed by atoms with van der Waals surface area (Å²) in [7, 11) is -18.6. The molecule has 0 amide bonds. The van der Waals surface area contributed by atoms with E-state index in [0.29, 0.717) is 5.19 Å². The number of halogens is 2. The van der Waals surface area contributed by atoms with Gasteiger partial charge in [-0.3, -0.25) is 38.4 Å². The molecular weight excluding hydrogens is 1540 g/mol. The van der Waals surface area contributed by atoms with Crippen molar-refractivity contribution >= 4 is 137 Å². The van der Waals surface area contributed by atoms with E-state index in [9.17, 15) is 0 Å². The highest BCUT2D eigenvalue weighted by Crippen LogP contribution is 2.48. The number of methoxy groups -OCH3 is 2. The van der Waals surface area contributed by atoms with Crippen LogP contribution in [0.1, 0.15) is 109 Å². The quantitative estimate of drug-likeness (QED) is 0.0352. The number of carbonyl (C=O) groups is 10. The van der Waals surface area contributed by atoms with Gasteiger partial charge in [-0.25, -0.2) is 0 Å². The van der Waals surface area contributed by atoms with Gasteiger partial charge in [0.15, 0.2) is 10.8 Å². The first kappa shape index (κ1) is 80.7. The van der Waals surface area contributed by atoms with Crippen LogP contribution in [0.3, 0.4) is 0 Å². The van der Waals surface area contributed by atoms with E-state index >= 15 is 47.9 Å². The van der Waals surface area contributed by atoms with Crippen LogP contribution in [0.25, 0.3) is 0 Å². The molecule has 0 saturated heterocycles. The number of anilines is 2. The van der Waals surface area contributed by atoms with Gasteiger partial charge in [0.05, 0.1) is 14.2 Å². The topological polar surface area (TPSA) is 196 Å². The Bertz CT molecular complexity index is 5250. The lowest BCUT2D eigenvalue weighted by atomic mass is 10.2. The van der Waals surface area contributed by atoms with E-state index in [1.165, 1.54) is 136 Å². The molecule has 12 aromatic rings. The zero-order valence-electron chi connectivity index (χ0n) is 63.3. The molecule has 0 unspecified atom stereocenters. The first-order chi connectivity index (χ1) is 54.4. The Morgan fingerprint density at radius 2 is 0.549 bits per heavy atom. The van der Waals surface area contributed by atoms with E-state index < -0.39 is 111 Å². The zero-order valence-corrected chi connectivity index (χ0v) is 69.8. The van der Waals surface area contributed by atoms with E-state index in [0.717, 1.165) is 11.4 Å². The molecule has 0 aromatic heterocycles. The smallest absolute Gasteiger partial charge is 0.279 e. The lowest BCUT2D eigenvalue weighted by Gasteiger charge is -2.51. The summed E-state index contributed by atoms with van der Waals surface area (Å²) in [5, 5.41) is -7.67. The van der Waals surface area contributed by atoms with E-state index in [4.69, 9.17) is 32.7 Å². The van der Waals surface area contributed by atoms with Crippen molar-refractivity contribution in [3.8, 4) is 11.5 Å². The van der Waals surface area contributed by atoms with Crippen LogP contribution in [-0.2, 0) is 6.04 Å². The Hall–Kier alpha value is -11.8. The number of rotatable bonds is 33. The molecule has 12 aromatic carbocycles. The zero-order chi connectivity index (χ0) is 80.4. The van der Waals surface area contributed by atoms with Crippen LogP contribution in [-0.4, -0.2) is 135 Å². The van der Waals surface area contributed by atoms with Crippen molar-refractivity contribution in [2.45, 2.75) is 24.7 Å². The third kappa shape index (κ3) is 15.2. The fourth-order valence-electron chi connectivity index (χ4n) is 15.6. The minimum absolute atomic E-state index is 0.109. The van der Waals surface area contributed by atoms with Crippen LogP contribution in [0.4, 0.5) is 11.4 Å². The molecule has 113 heavy (non-hydrogen) atoms. The summed E-state index contributed by atoms with van der Waals surface area (Å²) in [6.07, 6.45) is 0. The number of hydrogen-bond acceptors (Lipinski definition) is 14. The van der Waals surface area contributed by atoms with Crippen molar-refractivity contribution in [2.75, 3.05) is 52.2 Å². The average molecular weight is 1620 g/mol. The van der Waals surface area contributed by atoms with E-state index in [-0.39, 0.29) is 87.9 Å². The van der Waals surface area contributed by atoms with Crippen molar-refractivity contribution in [1.29, 1.82) is 0 Å². The molecule has 564 valence electrons. The lowest BCUT2D eigenvalue weighted by Crippen LogP contribution is -2.94. The summed E-state index contributed by atoms with van der Waals surface area (Å²) in [4.78, 5) is 182. The van der Waals surface area contributed by atoms with Gasteiger partial charge in [0.1, 0.15) is 54.8 Å². The van der Waals surface area contributed by atoms with Crippen LogP contribution in [0.15, 0.2) is 322 Å². The minimum Gasteiger partial charge on any atom is -0.497 e. The number of ether oxygens (including phenoxy) is 2. The summed E-state index contributed by atoms with van der Waals surface area (Å²) in [5.74, 6) is 0.511. The highest BCUT2D eigenvalue weighted by Gasteiger charge is 2.85. The number of benzene rings is 12. The second-order valence-corrected chi connectivity index (χ2v) is 56.8. The molecule has 0 N–H and O–H groups in total. The van der Waals surface area contributed by atoms with E-state index in [1.54, 1.807) is 207 Å². The molecule has 0 radical (unpaired) electrons. The lowest BCUT2D eigenvalue weighted by molar-refractivity contribution is 0.0981.